The lowest BCUT2D eigenvalue weighted by Crippen LogP contribution is -1.97. The van der Waals surface area contributed by atoms with Crippen LogP contribution in [0.25, 0.3) is 11.3 Å². The molecule has 5 heteroatoms. The van der Waals surface area contributed by atoms with Crippen LogP contribution in [0, 0.1) is 0 Å². The van der Waals surface area contributed by atoms with Crippen molar-refractivity contribution in [2.24, 2.45) is 0 Å². The Balaban J connectivity index is 2.67. The summed E-state index contributed by atoms with van der Waals surface area (Å²) in [5.41, 5.74) is 0.873. The van der Waals surface area contributed by atoms with E-state index in [4.69, 9.17) is 9.52 Å². The molecule has 0 aromatic rings. The van der Waals surface area contributed by atoms with Crippen LogP contribution in [-0.2, 0) is 0 Å². The smallest absolute Gasteiger partial charge is 0.357 e. The van der Waals surface area contributed by atoms with Crippen molar-refractivity contribution in [2.45, 2.75) is 0 Å². The fourth-order valence-corrected chi connectivity index (χ4v) is 0.941. The topological polar surface area (TPSA) is 76.2 Å². The molecule has 0 unspecified atom stereocenters. The highest BCUT2D eigenvalue weighted by Gasteiger charge is 2.18. The molecular weight excluding hydrogens is 160 g/mol. The average molecular weight is 164 g/mol. The Morgan fingerprint density at radius 2 is 2.33 bits per heavy atom. The zero-order valence-electron chi connectivity index (χ0n) is 5.89. The Hall–Kier alpha value is -1.91. The summed E-state index contributed by atoms with van der Waals surface area (Å²) in [6.07, 6.45) is 2.74. The summed E-state index contributed by atoms with van der Waals surface area (Å²) in [5.74, 6) is -1.10. The number of nitrogens with zero attached hydrogens (tertiary/aromatic N) is 2. The first kappa shape index (κ1) is 6.78. The van der Waals surface area contributed by atoms with Crippen LogP contribution in [0.1, 0.15) is 10.5 Å². The molecule has 12 heavy (non-hydrogen) atoms. The number of fused-ring (bicyclic) bond motifs is 1. The number of carboxylic acid groups (broad SMARTS) is 1. The van der Waals surface area contributed by atoms with Crippen molar-refractivity contribution in [3.05, 3.63) is 24.3 Å². The molecule has 0 aromatic heterocycles. The normalized spacial score (nSPS) is 10.3. The van der Waals surface area contributed by atoms with Gasteiger partial charge in [-0.25, -0.2) is 4.79 Å². The van der Waals surface area contributed by atoms with E-state index in [9.17, 15) is 4.79 Å². The number of rotatable bonds is 1. The lowest BCUT2D eigenvalue weighted by atomic mass is 10.2. The van der Waals surface area contributed by atoms with Crippen LogP contribution in [-0.4, -0.2) is 21.3 Å². The molecule has 0 amide bonds. The molecule has 0 radical (unpaired) electrons. The van der Waals surface area contributed by atoms with Crippen molar-refractivity contribution in [3.8, 4) is 11.3 Å². The van der Waals surface area contributed by atoms with E-state index in [1.54, 1.807) is 6.07 Å². The van der Waals surface area contributed by atoms with Crippen LogP contribution in [0.3, 0.4) is 0 Å². The Morgan fingerprint density at radius 1 is 1.50 bits per heavy atom. The second-order valence-corrected chi connectivity index (χ2v) is 2.21. The number of aromatic carboxylic acids is 1. The summed E-state index contributed by atoms with van der Waals surface area (Å²) in [5, 5.41) is 15.8. The maximum absolute atomic E-state index is 10.5. The van der Waals surface area contributed by atoms with Gasteiger partial charge in [-0.3, -0.25) is 0 Å². The molecular formula is C7H4N2O3. The lowest BCUT2D eigenvalue weighted by Gasteiger charge is -1.92. The monoisotopic (exact) mass is 164 g/mol. The van der Waals surface area contributed by atoms with E-state index in [-0.39, 0.29) is 5.69 Å². The molecule has 2 aliphatic heterocycles. The molecule has 5 nitrogen and oxygen atoms in total. The van der Waals surface area contributed by atoms with Crippen LogP contribution in [0.2, 0.25) is 0 Å². The van der Waals surface area contributed by atoms with Crippen molar-refractivity contribution in [1.29, 1.82) is 0 Å². The Kier molecular flexibility index (Phi) is 1.30. The number of carbonyl (C=O) groups is 1. The van der Waals surface area contributed by atoms with Gasteiger partial charge in [0.1, 0.15) is 12.0 Å². The van der Waals surface area contributed by atoms with Crippen molar-refractivity contribution in [1.82, 2.24) is 10.2 Å². The second kappa shape index (κ2) is 2.30. The maximum atomic E-state index is 10.5. The van der Waals surface area contributed by atoms with Crippen LogP contribution in [0.15, 0.2) is 23.0 Å². The van der Waals surface area contributed by atoms with Gasteiger partial charge < -0.3 is 9.52 Å². The molecule has 0 fully saturated rings. The van der Waals surface area contributed by atoms with Gasteiger partial charge >= 0.3 is 5.97 Å². The quantitative estimate of drug-likeness (QED) is 0.676. The number of aromatic nitrogens is 2. The minimum atomic E-state index is -1.10. The molecule has 0 atom stereocenters. The van der Waals surface area contributed by atoms with Crippen molar-refractivity contribution in [3.63, 3.8) is 0 Å². The largest absolute Gasteiger partial charge is 0.476 e. The van der Waals surface area contributed by atoms with Gasteiger partial charge in [0.2, 0.25) is 0 Å². The summed E-state index contributed by atoms with van der Waals surface area (Å²) in [6.45, 7) is 0. The van der Waals surface area contributed by atoms with Crippen molar-refractivity contribution >= 4 is 5.97 Å². The zero-order chi connectivity index (χ0) is 8.55. The molecule has 0 saturated carbocycles. The summed E-state index contributed by atoms with van der Waals surface area (Å²) >= 11 is 0. The van der Waals surface area contributed by atoms with Gasteiger partial charge in [0.25, 0.3) is 0 Å². The van der Waals surface area contributed by atoms with Crippen molar-refractivity contribution in [2.75, 3.05) is 0 Å². The molecule has 60 valence electrons. The maximum Gasteiger partial charge on any atom is 0.357 e. The second-order valence-electron chi connectivity index (χ2n) is 2.21. The third-order valence-corrected chi connectivity index (χ3v) is 1.48. The van der Waals surface area contributed by atoms with Crippen molar-refractivity contribution < 1.29 is 14.3 Å². The zero-order valence-corrected chi connectivity index (χ0v) is 5.89. The van der Waals surface area contributed by atoms with Crippen LogP contribution in [0.4, 0.5) is 0 Å². The van der Waals surface area contributed by atoms with Gasteiger partial charge in [0.15, 0.2) is 5.69 Å². The summed E-state index contributed by atoms with van der Waals surface area (Å²) in [4.78, 5) is 10.5. The summed E-state index contributed by atoms with van der Waals surface area (Å²) in [6, 6.07) is 1.56. The van der Waals surface area contributed by atoms with Gasteiger partial charge in [-0.15, -0.1) is 10.2 Å². The highest BCUT2D eigenvalue weighted by Crippen LogP contribution is 2.21. The number of hydrogen-bond donors (Lipinski definition) is 1. The van der Waals surface area contributed by atoms with E-state index in [1.807, 2.05) is 0 Å². The fourth-order valence-electron chi connectivity index (χ4n) is 0.941. The molecule has 0 aromatic carbocycles. The van der Waals surface area contributed by atoms with E-state index in [0.717, 1.165) is 0 Å². The van der Waals surface area contributed by atoms with E-state index >= 15 is 0 Å². The predicted molar refractivity (Wildman–Crippen MR) is 37.9 cm³/mol. The van der Waals surface area contributed by atoms with E-state index < -0.39 is 5.97 Å². The third kappa shape index (κ3) is 0.833. The number of carboxylic acids is 1. The molecule has 0 bridgehead atoms. The van der Waals surface area contributed by atoms with Crippen LogP contribution in [0.5, 0.6) is 0 Å². The Bertz CT molecular complexity index is 396. The van der Waals surface area contributed by atoms with Gasteiger partial charge in [-0.05, 0) is 0 Å². The first-order chi connectivity index (χ1) is 5.79. The average Bonchev–Trinajstić information content (AvgIpc) is 2.47. The Morgan fingerprint density at radius 3 is 3.08 bits per heavy atom. The summed E-state index contributed by atoms with van der Waals surface area (Å²) in [7, 11) is 0. The van der Waals surface area contributed by atoms with Gasteiger partial charge in [0.05, 0.1) is 11.8 Å². The highest BCUT2D eigenvalue weighted by molar-refractivity contribution is 5.93. The van der Waals surface area contributed by atoms with E-state index in [1.165, 1.54) is 12.5 Å². The Labute approximate surface area is 67.0 Å². The molecule has 2 aliphatic rings. The summed E-state index contributed by atoms with van der Waals surface area (Å²) < 4.78 is 4.80. The van der Waals surface area contributed by atoms with Gasteiger partial charge in [0, 0.05) is 6.07 Å². The van der Waals surface area contributed by atoms with Crippen LogP contribution < -0.4 is 0 Å². The van der Waals surface area contributed by atoms with E-state index in [0.29, 0.717) is 11.3 Å². The molecule has 0 saturated heterocycles. The van der Waals surface area contributed by atoms with Gasteiger partial charge in [-0.1, -0.05) is 0 Å². The third-order valence-electron chi connectivity index (χ3n) is 1.48. The minimum Gasteiger partial charge on any atom is -0.476 e. The fraction of sp³-hybridized carbons (Fsp3) is 0. The highest BCUT2D eigenvalue weighted by atomic mass is 16.4. The molecule has 1 N–H and O–H groups in total. The minimum absolute atomic E-state index is 0.0747. The first-order valence-electron chi connectivity index (χ1n) is 3.21. The number of hydrogen-bond acceptors (Lipinski definition) is 4. The molecule has 2 rings (SSSR count). The predicted octanol–water partition coefficient (Wildman–Crippen LogP) is 0.873. The molecule has 2 heterocycles. The molecule has 0 spiro atoms. The molecule has 0 aliphatic carbocycles. The standard InChI is InChI=1S/C7H4N2O3/c10-7(11)6-4-3-12-2-1-5(4)8-9-6/h1-3H,(H,10,11). The van der Waals surface area contributed by atoms with Gasteiger partial charge in [-0.2, -0.15) is 0 Å². The first-order valence-corrected chi connectivity index (χ1v) is 3.21. The van der Waals surface area contributed by atoms with E-state index in [2.05, 4.69) is 10.2 Å². The SMILES string of the molecule is O=C(O)c1nnc2ccocc1-2. The lowest BCUT2D eigenvalue weighted by molar-refractivity contribution is 0.0691. The van der Waals surface area contributed by atoms with Crippen LogP contribution >= 0.6 is 0 Å².